The summed E-state index contributed by atoms with van der Waals surface area (Å²) < 4.78 is 2.59. The molecular formula is C56H42N4S. The minimum absolute atomic E-state index is 1.13. The van der Waals surface area contributed by atoms with Crippen molar-refractivity contribution in [1.29, 1.82) is 0 Å². The monoisotopic (exact) mass is 802 g/mol. The average Bonchev–Trinajstić information content (AvgIpc) is 3.63. The van der Waals surface area contributed by atoms with Gasteiger partial charge >= 0.3 is 0 Å². The molecule has 61 heavy (non-hydrogen) atoms. The van der Waals surface area contributed by atoms with Crippen molar-refractivity contribution in [1.82, 2.24) is 0 Å². The summed E-state index contributed by atoms with van der Waals surface area (Å²) in [6.45, 7) is 8.75. The summed E-state index contributed by atoms with van der Waals surface area (Å²) >= 11 is 1.87. The van der Waals surface area contributed by atoms with Crippen molar-refractivity contribution in [2.45, 2.75) is 27.7 Å². The zero-order valence-corrected chi connectivity index (χ0v) is 35.3. The Morgan fingerprint density at radius 3 is 1.13 bits per heavy atom. The first-order valence-electron chi connectivity index (χ1n) is 21.0. The second kappa shape index (κ2) is 13.6. The summed E-state index contributed by atoms with van der Waals surface area (Å²) in [5, 5.41) is 4.97. The molecule has 0 fully saturated rings. The fourth-order valence-corrected chi connectivity index (χ4v) is 11.0. The van der Waals surface area contributed by atoms with Gasteiger partial charge < -0.3 is 19.6 Å². The molecule has 0 bridgehead atoms. The highest BCUT2D eigenvalue weighted by Gasteiger charge is 2.33. The summed E-state index contributed by atoms with van der Waals surface area (Å²) in [5.74, 6) is 0. The van der Waals surface area contributed by atoms with Crippen LogP contribution in [-0.4, -0.2) is 0 Å². The van der Waals surface area contributed by atoms with E-state index in [0.717, 1.165) is 45.5 Å². The number of nitrogens with zero attached hydrogens (tertiary/aromatic N) is 4. The maximum Gasteiger partial charge on any atom is 0.0717 e. The molecular weight excluding hydrogens is 761 g/mol. The fourth-order valence-electron chi connectivity index (χ4n) is 9.92. The molecule has 9 aromatic carbocycles. The van der Waals surface area contributed by atoms with Crippen LogP contribution in [0.25, 0.3) is 30.9 Å². The highest BCUT2D eigenvalue weighted by atomic mass is 32.1. The van der Waals surface area contributed by atoms with Gasteiger partial charge in [0.05, 0.1) is 45.5 Å². The molecule has 0 radical (unpaired) electrons. The van der Waals surface area contributed by atoms with Gasteiger partial charge in [0.25, 0.3) is 0 Å². The van der Waals surface area contributed by atoms with Crippen molar-refractivity contribution in [2.75, 3.05) is 19.6 Å². The van der Waals surface area contributed by atoms with Gasteiger partial charge in [0, 0.05) is 42.9 Å². The maximum atomic E-state index is 2.47. The zero-order valence-electron chi connectivity index (χ0n) is 34.5. The maximum absolute atomic E-state index is 2.47. The van der Waals surface area contributed by atoms with Crippen LogP contribution in [-0.2, 0) is 0 Å². The summed E-state index contributed by atoms with van der Waals surface area (Å²) in [7, 11) is 0. The molecule has 5 heteroatoms. The van der Waals surface area contributed by atoms with Gasteiger partial charge in [0.15, 0.2) is 0 Å². The van der Waals surface area contributed by atoms with Crippen LogP contribution >= 0.6 is 11.3 Å². The molecule has 0 spiro atoms. The normalized spacial score (nSPS) is 13.1. The molecule has 4 nitrogen and oxygen atoms in total. The second-order valence-corrected chi connectivity index (χ2v) is 17.7. The van der Waals surface area contributed by atoms with Crippen LogP contribution in [0.2, 0.25) is 0 Å². The highest BCUT2D eigenvalue weighted by molar-refractivity contribution is 7.25. The van der Waals surface area contributed by atoms with Gasteiger partial charge in [-0.2, -0.15) is 0 Å². The predicted molar refractivity (Wildman–Crippen MR) is 262 cm³/mol. The third kappa shape index (κ3) is 5.65. The first kappa shape index (κ1) is 35.6. The van der Waals surface area contributed by atoms with Crippen LogP contribution < -0.4 is 19.6 Å². The van der Waals surface area contributed by atoms with Crippen LogP contribution in [0.15, 0.2) is 182 Å². The number of fused-ring (bicyclic) bond motifs is 8. The van der Waals surface area contributed by atoms with Gasteiger partial charge in [-0.05, 0) is 164 Å². The minimum atomic E-state index is 1.13. The molecule has 0 saturated heterocycles. The van der Waals surface area contributed by atoms with Gasteiger partial charge in [0.1, 0.15) is 0 Å². The van der Waals surface area contributed by atoms with Crippen molar-refractivity contribution in [3.8, 4) is 0 Å². The molecule has 0 unspecified atom stereocenters. The van der Waals surface area contributed by atoms with Crippen LogP contribution in [0.4, 0.5) is 68.2 Å². The van der Waals surface area contributed by atoms with Crippen molar-refractivity contribution in [3.05, 3.63) is 204 Å². The number of thiophene rings is 1. The van der Waals surface area contributed by atoms with E-state index >= 15 is 0 Å². The smallest absolute Gasteiger partial charge is 0.0717 e. The highest BCUT2D eigenvalue weighted by Crippen LogP contribution is 2.58. The number of anilines is 12. The van der Waals surface area contributed by atoms with E-state index in [-0.39, 0.29) is 0 Å². The average molecular weight is 803 g/mol. The SMILES string of the molecule is Cc1cc(C)cc(N2c3ccccc3N(c3ccc4cc(N5c6ccccc6N(c6cc(C)cc(C)c6)c6cc7c(cc65)sc5ccccc57)ccc4c3)c3ccccc32)c1. The van der Waals surface area contributed by atoms with Gasteiger partial charge in [-0.25, -0.2) is 0 Å². The van der Waals surface area contributed by atoms with Gasteiger partial charge in [-0.15, -0.1) is 11.3 Å². The van der Waals surface area contributed by atoms with E-state index < -0.39 is 0 Å². The van der Waals surface area contributed by atoms with Crippen LogP contribution in [0.5, 0.6) is 0 Å². The molecule has 0 aliphatic carbocycles. The number of hydrogen-bond donors (Lipinski definition) is 0. The summed E-state index contributed by atoms with van der Waals surface area (Å²) in [6.07, 6.45) is 0. The molecule has 0 amide bonds. The Morgan fingerprint density at radius 2 is 0.656 bits per heavy atom. The van der Waals surface area contributed by atoms with Crippen LogP contribution in [0.3, 0.4) is 0 Å². The molecule has 3 heterocycles. The van der Waals surface area contributed by atoms with E-state index in [4.69, 9.17) is 0 Å². The standard InChI is InChI=1S/C56H42N4S/c1-35-25-36(2)28-43(27-35)59-50-17-9-6-14-47(50)57(48-15-7-10-18-51(48)59)41-23-21-40-32-42(24-22-39(40)31-41)58-49-16-8-11-19-52(49)60(44-29-37(3)26-38(4)30-44)53-33-46-45-13-5-12-20-55(45)61-56(46)34-54(53)58/h5-34H,1-4H3. The van der Waals surface area contributed by atoms with E-state index in [9.17, 15) is 0 Å². The topological polar surface area (TPSA) is 13.0 Å². The summed E-state index contributed by atoms with van der Waals surface area (Å²) in [5.41, 5.74) is 18.9. The quantitative estimate of drug-likeness (QED) is 0.176. The predicted octanol–water partition coefficient (Wildman–Crippen LogP) is 16.9. The summed E-state index contributed by atoms with van der Waals surface area (Å²) in [6, 6.07) is 67.6. The fraction of sp³-hybridized carbons (Fsp3) is 0.0714. The van der Waals surface area contributed by atoms with E-state index in [1.54, 1.807) is 0 Å². The Morgan fingerprint density at radius 1 is 0.279 bits per heavy atom. The van der Waals surface area contributed by atoms with Gasteiger partial charge in [-0.3, -0.25) is 0 Å². The number of hydrogen-bond acceptors (Lipinski definition) is 5. The van der Waals surface area contributed by atoms with E-state index in [1.807, 2.05) is 11.3 Å². The number of aryl methyl sites for hydroxylation is 4. The lowest BCUT2D eigenvalue weighted by atomic mass is 10.00. The molecule has 2 aliphatic rings. The van der Waals surface area contributed by atoms with Crippen molar-refractivity contribution in [2.24, 2.45) is 0 Å². The van der Waals surface area contributed by atoms with E-state index in [2.05, 4.69) is 229 Å². The molecule has 0 saturated carbocycles. The van der Waals surface area contributed by atoms with Crippen LogP contribution in [0, 0.1) is 27.7 Å². The van der Waals surface area contributed by atoms with Gasteiger partial charge in [-0.1, -0.05) is 78.9 Å². The Labute approximate surface area is 360 Å². The number of benzene rings is 9. The second-order valence-electron chi connectivity index (χ2n) is 16.7. The van der Waals surface area contributed by atoms with E-state index in [1.165, 1.54) is 75.9 Å². The Hall–Kier alpha value is -7.34. The largest absolute Gasteiger partial charge is 0.306 e. The Bertz CT molecular complexity index is 3330. The lowest BCUT2D eigenvalue weighted by Crippen LogP contribution is -2.24. The molecule has 292 valence electrons. The molecule has 12 rings (SSSR count). The van der Waals surface area contributed by atoms with Crippen molar-refractivity contribution >= 4 is 111 Å². The third-order valence-electron chi connectivity index (χ3n) is 12.3. The molecule has 1 aromatic heterocycles. The van der Waals surface area contributed by atoms with Gasteiger partial charge in [0.2, 0.25) is 0 Å². The molecule has 2 aliphatic heterocycles. The third-order valence-corrected chi connectivity index (χ3v) is 13.4. The van der Waals surface area contributed by atoms with Crippen molar-refractivity contribution in [3.63, 3.8) is 0 Å². The lowest BCUT2D eigenvalue weighted by molar-refractivity contribution is 1.16. The van der Waals surface area contributed by atoms with Crippen LogP contribution in [0.1, 0.15) is 22.3 Å². The molecule has 0 N–H and O–H groups in total. The summed E-state index contributed by atoms with van der Waals surface area (Å²) in [4.78, 5) is 9.78. The van der Waals surface area contributed by atoms with E-state index in [0.29, 0.717) is 0 Å². The first-order valence-corrected chi connectivity index (χ1v) is 21.8. The molecule has 10 aromatic rings. The minimum Gasteiger partial charge on any atom is -0.306 e. The van der Waals surface area contributed by atoms with Crippen molar-refractivity contribution < 1.29 is 0 Å². The molecule has 0 atom stereocenters. The number of para-hydroxylation sites is 6. The first-order chi connectivity index (χ1) is 29.9. The lowest BCUT2D eigenvalue weighted by Gasteiger charge is -2.41. The Balaban J connectivity index is 1.01. The Kier molecular flexibility index (Phi) is 7.93. The zero-order chi connectivity index (χ0) is 40.9. The number of rotatable bonds is 4.